The number of benzene rings is 1. The van der Waals surface area contributed by atoms with Crippen LogP contribution in [-0.2, 0) is 16.1 Å². The molecule has 0 radical (unpaired) electrons. The van der Waals surface area contributed by atoms with E-state index < -0.39 is 0 Å². The number of aromatic nitrogens is 1. The first-order chi connectivity index (χ1) is 8.67. The summed E-state index contributed by atoms with van der Waals surface area (Å²) in [5, 5.41) is 0.997. The lowest BCUT2D eigenvalue weighted by molar-refractivity contribution is -0.145. The van der Waals surface area contributed by atoms with E-state index >= 15 is 0 Å². The molecule has 0 saturated carbocycles. The van der Waals surface area contributed by atoms with Crippen molar-refractivity contribution in [2.75, 3.05) is 7.11 Å². The van der Waals surface area contributed by atoms with Gasteiger partial charge in [0, 0.05) is 17.4 Å². The number of rotatable bonds is 4. The molecule has 0 aliphatic carbocycles. The number of fused-ring (bicyclic) bond motifs is 1. The maximum absolute atomic E-state index is 11.4. The molecule has 0 N–H and O–H groups in total. The lowest BCUT2D eigenvalue weighted by Gasteiger charge is -2.12. The van der Waals surface area contributed by atoms with Crippen LogP contribution in [0.25, 0.3) is 10.9 Å². The highest BCUT2D eigenvalue weighted by Gasteiger charge is 2.17. The van der Waals surface area contributed by atoms with Gasteiger partial charge in [-0.05, 0) is 12.1 Å². The van der Waals surface area contributed by atoms with E-state index in [1.54, 1.807) is 6.92 Å². The molecule has 2 rings (SSSR count). The summed E-state index contributed by atoms with van der Waals surface area (Å²) in [5.41, 5.74) is 1.53. The molecule has 1 aromatic carbocycles. The predicted molar refractivity (Wildman–Crippen MR) is 68.5 cm³/mol. The van der Waals surface area contributed by atoms with Gasteiger partial charge in [-0.2, -0.15) is 0 Å². The van der Waals surface area contributed by atoms with Crippen LogP contribution >= 0.6 is 0 Å². The Kier molecular flexibility index (Phi) is 3.46. The van der Waals surface area contributed by atoms with Crippen molar-refractivity contribution in [3.8, 4) is 0 Å². The van der Waals surface area contributed by atoms with Gasteiger partial charge in [-0.15, -0.1) is 0 Å². The van der Waals surface area contributed by atoms with Crippen molar-refractivity contribution in [3.63, 3.8) is 0 Å². The summed E-state index contributed by atoms with van der Waals surface area (Å²) in [4.78, 5) is 22.5. The molecular formula is C14H15NO3. The molecule has 4 heteroatoms. The second-order valence-corrected chi connectivity index (χ2v) is 4.28. The van der Waals surface area contributed by atoms with Crippen LogP contribution in [0.15, 0.2) is 30.3 Å². The number of ether oxygens (including phenoxy) is 1. The third-order valence-electron chi connectivity index (χ3n) is 3.02. The molecule has 4 nitrogen and oxygen atoms in total. The summed E-state index contributed by atoms with van der Waals surface area (Å²) in [5.74, 6) is -0.561. The lowest BCUT2D eigenvalue weighted by atomic mass is 10.2. The first kappa shape index (κ1) is 12.4. The fourth-order valence-corrected chi connectivity index (χ4v) is 2.08. The molecule has 0 aliphatic rings. The second-order valence-electron chi connectivity index (χ2n) is 4.28. The summed E-state index contributed by atoms with van der Waals surface area (Å²) in [6, 6.07) is 9.54. The van der Waals surface area contributed by atoms with Gasteiger partial charge in [-0.3, -0.25) is 9.59 Å². The summed E-state index contributed by atoms with van der Waals surface area (Å²) >= 11 is 0. The van der Waals surface area contributed by atoms with Gasteiger partial charge in [0.25, 0.3) is 0 Å². The Hall–Kier alpha value is -2.10. The molecule has 94 valence electrons. The van der Waals surface area contributed by atoms with Gasteiger partial charge >= 0.3 is 5.97 Å². The van der Waals surface area contributed by atoms with Crippen LogP contribution in [0.3, 0.4) is 0 Å². The highest BCUT2D eigenvalue weighted by atomic mass is 16.5. The highest BCUT2D eigenvalue weighted by molar-refractivity contribution is 5.89. The van der Waals surface area contributed by atoms with Gasteiger partial charge in [0.2, 0.25) is 0 Å². The number of para-hydroxylation sites is 1. The molecule has 18 heavy (non-hydrogen) atoms. The predicted octanol–water partition coefficient (Wildman–Crippen LogP) is 2.26. The molecule has 0 bridgehead atoms. The van der Waals surface area contributed by atoms with Crippen molar-refractivity contribution in [1.29, 1.82) is 0 Å². The molecule has 1 atom stereocenters. The van der Waals surface area contributed by atoms with Crippen LogP contribution in [0.2, 0.25) is 0 Å². The first-order valence-electron chi connectivity index (χ1n) is 5.78. The number of hydrogen-bond acceptors (Lipinski definition) is 3. The van der Waals surface area contributed by atoms with Gasteiger partial charge in [0.05, 0.1) is 18.7 Å². The number of esters is 1. The van der Waals surface area contributed by atoms with E-state index in [0.29, 0.717) is 12.2 Å². The zero-order chi connectivity index (χ0) is 13.1. The monoisotopic (exact) mass is 245 g/mol. The third kappa shape index (κ3) is 2.14. The van der Waals surface area contributed by atoms with Gasteiger partial charge in [0.1, 0.15) is 0 Å². The Balaban J connectivity index is 2.42. The highest BCUT2D eigenvalue weighted by Crippen LogP contribution is 2.20. The maximum Gasteiger partial charge on any atom is 0.310 e. The van der Waals surface area contributed by atoms with E-state index in [4.69, 9.17) is 4.74 Å². The zero-order valence-electron chi connectivity index (χ0n) is 10.4. The molecule has 1 unspecified atom stereocenters. The molecule has 0 aliphatic heterocycles. The summed E-state index contributed by atoms with van der Waals surface area (Å²) in [6.45, 7) is 2.23. The van der Waals surface area contributed by atoms with E-state index in [2.05, 4.69) is 0 Å². The standard InChI is InChI=1S/C14H15NO3/c1-10(14(17)18-2)8-15-12(9-16)7-11-5-3-4-6-13(11)15/h3-7,9-10H,8H2,1-2H3. The van der Waals surface area contributed by atoms with E-state index in [1.165, 1.54) is 7.11 Å². The van der Waals surface area contributed by atoms with Crippen LogP contribution in [0.1, 0.15) is 17.4 Å². The number of aldehydes is 1. The average molecular weight is 245 g/mol. The van der Waals surface area contributed by atoms with Gasteiger partial charge in [-0.1, -0.05) is 25.1 Å². The van der Waals surface area contributed by atoms with Crippen LogP contribution in [0, 0.1) is 5.92 Å². The topological polar surface area (TPSA) is 48.3 Å². The van der Waals surface area contributed by atoms with Gasteiger partial charge < -0.3 is 9.30 Å². The van der Waals surface area contributed by atoms with Crippen molar-refractivity contribution in [3.05, 3.63) is 36.0 Å². The summed E-state index contributed by atoms with van der Waals surface area (Å²) in [6.07, 6.45) is 0.810. The molecular weight excluding hydrogens is 230 g/mol. The van der Waals surface area contributed by atoms with Gasteiger partial charge in [0.15, 0.2) is 6.29 Å². The normalized spacial score (nSPS) is 12.3. The molecule has 0 spiro atoms. The van der Waals surface area contributed by atoms with Crippen LogP contribution in [0.4, 0.5) is 0 Å². The minimum absolute atomic E-state index is 0.273. The first-order valence-corrected chi connectivity index (χ1v) is 5.78. The van der Waals surface area contributed by atoms with Crippen molar-refractivity contribution in [1.82, 2.24) is 4.57 Å². The van der Waals surface area contributed by atoms with Crippen molar-refractivity contribution in [2.45, 2.75) is 13.5 Å². The largest absolute Gasteiger partial charge is 0.469 e. The Labute approximate surface area is 105 Å². The quantitative estimate of drug-likeness (QED) is 0.613. The number of carbonyl (C=O) groups excluding carboxylic acids is 2. The SMILES string of the molecule is COC(=O)C(C)Cn1c(C=O)cc2ccccc21. The Morgan fingerprint density at radius 3 is 2.83 bits per heavy atom. The molecule has 2 aromatic rings. The van der Waals surface area contributed by atoms with Crippen LogP contribution in [-0.4, -0.2) is 23.9 Å². The fourth-order valence-electron chi connectivity index (χ4n) is 2.08. The minimum Gasteiger partial charge on any atom is -0.469 e. The number of nitrogens with zero attached hydrogens (tertiary/aromatic N) is 1. The number of carbonyl (C=O) groups is 2. The maximum atomic E-state index is 11.4. The second kappa shape index (κ2) is 5.04. The third-order valence-corrected chi connectivity index (χ3v) is 3.02. The van der Waals surface area contributed by atoms with E-state index in [1.807, 2.05) is 34.9 Å². The molecule has 0 amide bonds. The number of methoxy groups -OCH3 is 1. The average Bonchev–Trinajstić information content (AvgIpc) is 2.76. The lowest BCUT2D eigenvalue weighted by Crippen LogP contribution is -2.19. The zero-order valence-corrected chi connectivity index (χ0v) is 10.4. The molecule has 0 saturated heterocycles. The molecule has 1 heterocycles. The van der Waals surface area contributed by atoms with Crippen LogP contribution < -0.4 is 0 Å². The van der Waals surface area contributed by atoms with Gasteiger partial charge in [-0.25, -0.2) is 0 Å². The van der Waals surface area contributed by atoms with Crippen LogP contribution in [0.5, 0.6) is 0 Å². The molecule has 0 fully saturated rings. The summed E-state index contributed by atoms with van der Waals surface area (Å²) < 4.78 is 6.56. The fraction of sp³-hybridized carbons (Fsp3) is 0.286. The van der Waals surface area contributed by atoms with E-state index in [-0.39, 0.29) is 11.9 Å². The van der Waals surface area contributed by atoms with E-state index in [9.17, 15) is 9.59 Å². The Morgan fingerprint density at radius 2 is 2.17 bits per heavy atom. The van der Waals surface area contributed by atoms with E-state index in [0.717, 1.165) is 17.2 Å². The van der Waals surface area contributed by atoms with Crippen molar-refractivity contribution < 1.29 is 14.3 Å². The Morgan fingerprint density at radius 1 is 1.44 bits per heavy atom. The Bertz CT molecular complexity index is 586. The summed E-state index contributed by atoms with van der Waals surface area (Å²) in [7, 11) is 1.37. The molecule has 1 aromatic heterocycles. The number of hydrogen-bond donors (Lipinski definition) is 0. The smallest absolute Gasteiger partial charge is 0.310 e. The van der Waals surface area contributed by atoms with Crippen molar-refractivity contribution in [2.24, 2.45) is 5.92 Å². The van der Waals surface area contributed by atoms with Crippen molar-refractivity contribution >= 4 is 23.2 Å². The minimum atomic E-state index is -0.287.